The lowest BCUT2D eigenvalue weighted by Gasteiger charge is -2.38. The molecule has 8 heteroatoms. The van der Waals surface area contributed by atoms with Gasteiger partial charge in [0.15, 0.2) is 21.3 Å². The first-order valence-electron chi connectivity index (χ1n) is 7.62. The van der Waals surface area contributed by atoms with Crippen molar-refractivity contribution in [3.8, 4) is 11.3 Å². The highest BCUT2D eigenvalue weighted by atomic mass is 32.2. The fourth-order valence-corrected chi connectivity index (χ4v) is 3.70. The van der Waals surface area contributed by atoms with Crippen LogP contribution in [0.25, 0.3) is 11.3 Å². The van der Waals surface area contributed by atoms with E-state index in [1.54, 1.807) is 6.07 Å². The second-order valence-corrected chi connectivity index (χ2v) is 8.34. The molecule has 1 amide bonds. The van der Waals surface area contributed by atoms with Gasteiger partial charge in [0.1, 0.15) is 5.37 Å². The lowest BCUT2D eigenvalue weighted by Crippen LogP contribution is -2.52. The SMILES string of the molecule is CS(=O)(=O)C(N)C1CC(NC(=O)c2cc(-c3ccccc3)on2)C1. The van der Waals surface area contributed by atoms with E-state index in [9.17, 15) is 13.2 Å². The zero-order valence-corrected chi connectivity index (χ0v) is 14.0. The van der Waals surface area contributed by atoms with E-state index in [1.807, 2.05) is 30.3 Å². The maximum Gasteiger partial charge on any atom is 0.273 e. The molecule has 1 aliphatic carbocycles. The lowest BCUT2D eigenvalue weighted by atomic mass is 9.80. The van der Waals surface area contributed by atoms with Gasteiger partial charge < -0.3 is 15.6 Å². The Labute approximate surface area is 140 Å². The smallest absolute Gasteiger partial charge is 0.273 e. The Balaban J connectivity index is 1.57. The number of nitrogens with zero attached hydrogens (tertiary/aromatic N) is 1. The number of carbonyl (C=O) groups excluding carboxylic acids is 1. The standard InChI is InChI=1S/C16H19N3O4S/c1-24(21,22)15(17)11-7-12(8-11)18-16(20)13-9-14(23-19-13)10-5-3-2-4-6-10/h2-6,9,11-12,15H,7-8,17H2,1H3,(H,18,20). The molecule has 1 aliphatic rings. The van der Waals surface area contributed by atoms with Gasteiger partial charge in [0.25, 0.3) is 5.91 Å². The van der Waals surface area contributed by atoms with Crippen LogP contribution in [0.4, 0.5) is 0 Å². The molecule has 3 rings (SSSR count). The second-order valence-electron chi connectivity index (χ2n) is 6.14. The molecular weight excluding hydrogens is 330 g/mol. The van der Waals surface area contributed by atoms with Crippen LogP contribution in [-0.2, 0) is 9.84 Å². The third kappa shape index (κ3) is 3.49. The summed E-state index contributed by atoms with van der Waals surface area (Å²) in [5.41, 5.74) is 6.74. The molecule has 128 valence electrons. The molecule has 7 nitrogen and oxygen atoms in total. The molecule has 0 aliphatic heterocycles. The quantitative estimate of drug-likeness (QED) is 0.837. The summed E-state index contributed by atoms with van der Waals surface area (Å²) in [7, 11) is -3.26. The van der Waals surface area contributed by atoms with Crippen molar-refractivity contribution in [2.75, 3.05) is 6.26 Å². The summed E-state index contributed by atoms with van der Waals surface area (Å²) >= 11 is 0. The van der Waals surface area contributed by atoms with Crippen molar-refractivity contribution in [1.82, 2.24) is 10.5 Å². The average molecular weight is 349 g/mol. The maximum atomic E-state index is 12.2. The largest absolute Gasteiger partial charge is 0.355 e. The first kappa shape index (κ1) is 16.7. The highest BCUT2D eigenvalue weighted by Gasteiger charge is 2.38. The van der Waals surface area contributed by atoms with Crippen LogP contribution in [0.5, 0.6) is 0 Å². The van der Waals surface area contributed by atoms with Gasteiger partial charge in [0, 0.05) is 23.9 Å². The minimum Gasteiger partial charge on any atom is -0.355 e. The van der Waals surface area contributed by atoms with Gasteiger partial charge in [0.2, 0.25) is 0 Å². The first-order valence-corrected chi connectivity index (χ1v) is 9.57. The summed E-state index contributed by atoms with van der Waals surface area (Å²) in [6.45, 7) is 0. The number of carbonyl (C=O) groups is 1. The van der Waals surface area contributed by atoms with E-state index in [-0.39, 0.29) is 23.6 Å². The molecule has 3 N–H and O–H groups in total. The van der Waals surface area contributed by atoms with Crippen molar-refractivity contribution in [1.29, 1.82) is 0 Å². The van der Waals surface area contributed by atoms with E-state index in [2.05, 4.69) is 10.5 Å². The van der Waals surface area contributed by atoms with Crippen molar-refractivity contribution in [2.24, 2.45) is 11.7 Å². The summed E-state index contributed by atoms with van der Waals surface area (Å²) in [4.78, 5) is 12.2. The molecule has 1 atom stereocenters. The Morgan fingerprint density at radius 1 is 1.33 bits per heavy atom. The predicted octanol–water partition coefficient (Wildman–Crippen LogP) is 1.18. The molecule has 1 fully saturated rings. The Kier molecular flexibility index (Phi) is 4.42. The van der Waals surface area contributed by atoms with Crippen LogP contribution in [0, 0.1) is 5.92 Å². The monoisotopic (exact) mass is 349 g/mol. The summed E-state index contributed by atoms with van der Waals surface area (Å²) < 4.78 is 28.0. The Morgan fingerprint density at radius 3 is 2.62 bits per heavy atom. The van der Waals surface area contributed by atoms with Crippen LogP contribution >= 0.6 is 0 Å². The van der Waals surface area contributed by atoms with E-state index in [0.717, 1.165) is 11.8 Å². The molecule has 24 heavy (non-hydrogen) atoms. The molecule has 1 unspecified atom stereocenters. The zero-order valence-electron chi connectivity index (χ0n) is 13.2. The van der Waals surface area contributed by atoms with E-state index < -0.39 is 15.2 Å². The molecule has 1 heterocycles. The van der Waals surface area contributed by atoms with Crippen molar-refractivity contribution in [3.05, 3.63) is 42.1 Å². The molecule has 0 saturated heterocycles. The Morgan fingerprint density at radius 2 is 2.00 bits per heavy atom. The molecule has 0 bridgehead atoms. The van der Waals surface area contributed by atoms with Crippen LogP contribution in [0.2, 0.25) is 0 Å². The number of nitrogens with two attached hydrogens (primary N) is 1. The minimum atomic E-state index is -3.26. The van der Waals surface area contributed by atoms with Crippen molar-refractivity contribution in [2.45, 2.75) is 24.3 Å². The van der Waals surface area contributed by atoms with Gasteiger partial charge in [-0.1, -0.05) is 35.5 Å². The van der Waals surface area contributed by atoms with E-state index in [4.69, 9.17) is 10.3 Å². The molecule has 1 aromatic carbocycles. The number of sulfone groups is 1. The number of hydrogen-bond donors (Lipinski definition) is 2. The highest BCUT2D eigenvalue weighted by molar-refractivity contribution is 7.91. The normalized spacial score (nSPS) is 21.8. The number of nitrogens with one attached hydrogen (secondary N) is 1. The van der Waals surface area contributed by atoms with Crippen LogP contribution in [0.15, 0.2) is 40.9 Å². The fraction of sp³-hybridized carbons (Fsp3) is 0.375. The molecule has 1 saturated carbocycles. The van der Waals surface area contributed by atoms with Crippen molar-refractivity contribution < 1.29 is 17.7 Å². The van der Waals surface area contributed by atoms with E-state index >= 15 is 0 Å². The second kappa shape index (κ2) is 6.37. The first-order chi connectivity index (χ1) is 11.3. The fourth-order valence-electron chi connectivity index (χ4n) is 2.78. The summed E-state index contributed by atoms with van der Waals surface area (Å²) in [5, 5.41) is 5.74. The van der Waals surface area contributed by atoms with Gasteiger partial charge in [-0.25, -0.2) is 8.42 Å². The zero-order chi connectivity index (χ0) is 17.3. The van der Waals surface area contributed by atoms with E-state index in [0.29, 0.717) is 18.6 Å². The number of hydrogen-bond acceptors (Lipinski definition) is 6. The van der Waals surface area contributed by atoms with Gasteiger partial charge in [-0.2, -0.15) is 0 Å². The van der Waals surface area contributed by atoms with Gasteiger partial charge >= 0.3 is 0 Å². The summed E-state index contributed by atoms with van der Waals surface area (Å²) in [6.07, 6.45) is 2.22. The Hall–Kier alpha value is -2.19. The highest BCUT2D eigenvalue weighted by Crippen LogP contribution is 2.31. The maximum absolute atomic E-state index is 12.2. The van der Waals surface area contributed by atoms with Crippen LogP contribution in [-0.4, -0.2) is 37.2 Å². The van der Waals surface area contributed by atoms with Crippen LogP contribution < -0.4 is 11.1 Å². The third-order valence-corrected chi connectivity index (χ3v) is 5.64. The summed E-state index contributed by atoms with van der Waals surface area (Å²) in [5.74, 6) is 0.0612. The van der Waals surface area contributed by atoms with Crippen LogP contribution in [0.3, 0.4) is 0 Å². The number of benzene rings is 1. The van der Waals surface area contributed by atoms with Gasteiger partial charge in [-0.05, 0) is 18.8 Å². The van der Waals surface area contributed by atoms with E-state index in [1.165, 1.54) is 0 Å². The molecule has 0 radical (unpaired) electrons. The molecule has 0 spiro atoms. The molecule has 2 aromatic rings. The van der Waals surface area contributed by atoms with Crippen molar-refractivity contribution >= 4 is 15.7 Å². The van der Waals surface area contributed by atoms with Gasteiger partial charge in [-0.3, -0.25) is 4.79 Å². The van der Waals surface area contributed by atoms with Gasteiger partial charge in [-0.15, -0.1) is 0 Å². The van der Waals surface area contributed by atoms with Crippen LogP contribution in [0.1, 0.15) is 23.3 Å². The topological polar surface area (TPSA) is 115 Å². The molecular formula is C16H19N3O4S. The number of aromatic nitrogens is 1. The number of amides is 1. The Bertz CT molecular complexity index is 826. The molecule has 1 aromatic heterocycles. The third-order valence-electron chi connectivity index (χ3n) is 4.27. The number of rotatable bonds is 5. The average Bonchev–Trinajstić information content (AvgIpc) is 2.99. The van der Waals surface area contributed by atoms with Crippen molar-refractivity contribution in [3.63, 3.8) is 0 Å². The lowest BCUT2D eigenvalue weighted by molar-refractivity contribution is 0.0879. The summed E-state index contributed by atoms with van der Waals surface area (Å²) in [6, 6.07) is 10.9. The predicted molar refractivity (Wildman–Crippen MR) is 88.7 cm³/mol. The van der Waals surface area contributed by atoms with Gasteiger partial charge in [0.05, 0.1) is 0 Å². The minimum absolute atomic E-state index is 0.0906.